The van der Waals surface area contributed by atoms with Crippen molar-refractivity contribution in [2.75, 3.05) is 27.0 Å². The molecule has 2 heterocycles. The van der Waals surface area contributed by atoms with E-state index in [1.54, 1.807) is 18.3 Å². The van der Waals surface area contributed by atoms with Gasteiger partial charge in [0.2, 0.25) is 0 Å². The van der Waals surface area contributed by atoms with Crippen LogP contribution in [0.25, 0.3) is 22.2 Å². The molecule has 0 fully saturated rings. The number of ether oxygens (including phenoxy) is 2. The van der Waals surface area contributed by atoms with Crippen LogP contribution < -0.4 is 20.8 Å². The third kappa shape index (κ3) is 3.53. The molecule has 0 radical (unpaired) electrons. The molecule has 1 aromatic carbocycles. The molecule has 3 rings (SSSR count). The Hall–Kier alpha value is -2.00. The highest BCUT2D eigenvalue weighted by atomic mass is 35.5. The van der Waals surface area contributed by atoms with Gasteiger partial charge in [-0.1, -0.05) is 35.0 Å². The van der Waals surface area contributed by atoms with Gasteiger partial charge in [0.05, 0.1) is 29.8 Å². The first-order valence-electron chi connectivity index (χ1n) is 8.21. The predicted octanol–water partition coefficient (Wildman–Crippen LogP) is 3.46. The van der Waals surface area contributed by atoms with Crippen LogP contribution in [-0.2, 0) is 6.54 Å². The first-order chi connectivity index (χ1) is 13.5. The summed E-state index contributed by atoms with van der Waals surface area (Å²) in [5, 5.41) is 1.65. The van der Waals surface area contributed by atoms with Gasteiger partial charge in [0.25, 0.3) is 5.56 Å². The maximum Gasteiger partial charge on any atom is 0.260 e. The molecule has 0 saturated heterocycles. The number of hydrogen-bond donors (Lipinski definition) is 1. The summed E-state index contributed by atoms with van der Waals surface area (Å²) in [7, 11) is 2.95. The van der Waals surface area contributed by atoms with E-state index >= 15 is 0 Å². The lowest BCUT2D eigenvalue weighted by atomic mass is 10.0. The lowest BCUT2D eigenvalue weighted by Gasteiger charge is -2.16. The first kappa shape index (κ1) is 20.7. The van der Waals surface area contributed by atoms with Crippen LogP contribution in [0.3, 0.4) is 0 Å². The second-order valence-electron chi connectivity index (χ2n) is 5.72. The molecule has 0 unspecified atom stereocenters. The quantitative estimate of drug-likeness (QED) is 0.463. The fraction of sp³-hybridized carbons (Fsp3) is 0.278. The Morgan fingerprint density at radius 2 is 1.82 bits per heavy atom. The maximum absolute atomic E-state index is 13.3. The van der Waals surface area contributed by atoms with Gasteiger partial charge >= 0.3 is 0 Å². The van der Waals surface area contributed by atoms with E-state index < -0.39 is 0 Å². The van der Waals surface area contributed by atoms with E-state index in [0.29, 0.717) is 33.3 Å². The van der Waals surface area contributed by atoms with Crippen LogP contribution in [0.1, 0.15) is 0 Å². The number of benzene rings is 1. The number of thioether (sulfide) groups is 1. The zero-order chi connectivity index (χ0) is 20.4. The minimum absolute atomic E-state index is 0.214. The molecule has 28 heavy (non-hydrogen) atoms. The van der Waals surface area contributed by atoms with E-state index in [9.17, 15) is 4.79 Å². The summed E-state index contributed by atoms with van der Waals surface area (Å²) in [6.07, 6.45) is 3.52. The Labute approximate surface area is 175 Å². The molecule has 10 heteroatoms. The van der Waals surface area contributed by atoms with Crippen molar-refractivity contribution in [2.24, 2.45) is 5.73 Å². The van der Waals surface area contributed by atoms with Crippen molar-refractivity contribution in [1.82, 2.24) is 14.5 Å². The summed E-state index contributed by atoms with van der Waals surface area (Å²) in [6, 6.07) is 3.24. The van der Waals surface area contributed by atoms with Gasteiger partial charge in [0.1, 0.15) is 17.1 Å². The zero-order valence-corrected chi connectivity index (χ0v) is 17.8. The Morgan fingerprint density at radius 1 is 1.18 bits per heavy atom. The number of hydrogen-bond acceptors (Lipinski definition) is 7. The van der Waals surface area contributed by atoms with E-state index in [1.807, 2.05) is 6.26 Å². The number of rotatable bonds is 6. The van der Waals surface area contributed by atoms with Crippen LogP contribution in [0.15, 0.2) is 28.3 Å². The van der Waals surface area contributed by atoms with Crippen LogP contribution in [0.5, 0.6) is 11.5 Å². The molecule has 0 atom stereocenters. The van der Waals surface area contributed by atoms with Crippen molar-refractivity contribution in [1.29, 1.82) is 0 Å². The van der Waals surface area contributed by atoms with Crippen molar-refractivity contribution in [2.45, 2.75) is 11.7 Å². The number of halogens is 2. The molecule has 148 valence electrons. The molecule has 3 aromatic rings. The molecule has 7 nitrogen and oxygen atoms in total. The Morgan fingerprint density at radius 3 is 2.36 bits per heavy atom. The second-order valence-corrected chi connectivity index (χ2v) is 7.25. The van der Waals surface area contributed by atoms with E-state index in [2.05, 4.69) is 9.97 Å². The number of fused-ring (bicyclic) bond motifs is 1. The lowest BCUT2D eigenvalue weighted by Crippen LogP contribution is -2.26. The number of aromatic nitrogens is 3. The SMILES string of the molecule is COc1cc(OC)c(Cl)c(-c2cc3cnc(SC)nc3n(CCN)c2=O)c1Cl. The molecule has 0 spiro atoms. The largest absolute Gasteiger partial charge is 0.495 e. The van der Waals surface area contributed by atoms with Crippen LogP contribution >= 0.6 is 35.0 Å². The van der Waals surface area contributed by atoms with Crippen molar-refractivity contribution < 1.29 is 9.47 Å². The second kappa shape index (κ2) is 8.57. The first-order valence-corrected chi connectivity index (χ1v) is 10.2. The summed E-state index contributed by atoms with van der Waals surface area (Å²) in [4.78, 5) is 22.1. The highest BCUT2D eigenvalue weighted by molar-refractivity contribution is 7.98. The highest BCUT2D eigenvalue weighted by Gasteiger charge is 2.23. The van der Waals surface area contributed by atoms with Crippen molar-refractivity contribution >= 4 is 46.0 Å². The van der Waals surface area contributed by atoms with Crippen LogP contribution in [-0.4, -0.2) is 41.6 Å². The standard InChI is InChI=1S/C18H18Cl2N4O3S/c1-26-11-7-12(27-2)15(20)13(14(11)19)10-6-9-8-22-18(28-3)23-16(9)24(5-4-21)17(10)25/h6-8H,4-5,21H2,1-3H3. The molecular weight excluding hydrogens is 423 g/mol. The predicted molar refractivity (Wildman–Crippen MR) is 113 cm³/mol. The molecule has 2 N–H and O–H groups in total. The number of nitrogens with zero attached hydrogens (tertiary/aromatic N) is 3. The summed E-state index contributed by atoms with van der Waals surface area (Å²) in [6.45, 7) is 0.546. The average molecular weight is 441 g/mol. The van der Waals surface area contributed by atoms with E-state index in [1.165, 1.54) is 30.5 Å². The summed E-state index contributed by atoms with van der Waals surface area (Å²) < 4.78 is 12.1. The fourth-order valence-electron chi connectivity index (χ4n) is 2.88. The minimum Gasteiger partial charge on any atom is -0.495 e. The van der Waals surface area contributed by atoms with Gasteiger partial charge in [-0.3, -0.25) is 9.36 Å². The zero-order valence-electron chi connectivity index (χ0n) is 15.5. The van der Waals surface area contributed by atoms with E-state index in [4.69, 9.17) is 38.4 Å². The van der Waals surface area contributed by atoms with Crippen molar-refractivity contribution in [3.8, 4) is 22.6 Å². The topological polar surface area (TPSA) is 92.3 Å². The molecule has 0 amide bonds. The Bertz CT molecular complexity index is 1080. The molecule has 0 aliphatic heterocycles. The Balaban J connectivity index is 2.42. The summed E-state index contributed by atoms with van der Waals surface area (Å²) in [5.41, 5.74) is 6.53. The maximum atomic E-state index is 13.3. The number of nitrogens with two attached hydrogens (primary N) is 1. The molecule has 0 aliphatic carbocycles. The molecule has 2 aromatic heterocycles. The van der Waals surface area contributed by atoms with Gasteiger partial charge in [-0.2, -0.15) is 0 Å². The average Bonchev–Trinajstić information content (AvgIpc) is 2.70. The van der Waals surface area contributed by atoms with Crippen LogP contribution in [0, 0.1) is 0 Å². The van der Waals surface area contributed by atoms with Gasteiger partial charge < -0.3 is 15.2 Å². The summed E-state index contributed by atoms with van der Waals surface area (Å²) in [5.74, 6) is 0.688. The normalized spacial score (nSPS) is 11.1. The van der Waals surface area contributed by atoms with E-state index in [0.717, 1.165) is 0 Å². The van der Waals surface area contributed by atoms with Crippen LogP contribution in [0.2, 0.25) is 10.0 Å². The number of methoxy groups -OCH3 is 2. The monoisotopic (exact) mass is 440 g/mol. The van der Waals surface area contributed by atoms with Gasteiger partial charge in [0.15, 0.2) is 5.16 Å². The highest BCUT2D eigenvalue weighted by Crippen LogP contribution is 2.45. The number of pyridine rings is 1. The minimum atomic E-state index is -0.317. The molecule has 0 aliphatic rings. The van der Waals surface area contributed by atoms with Gasteiger partial charge in [-0.15, -0.1) is 0 Å². The fourth-order valence-corrected chi connectivity index (χ4v) is 3.92. The Kier molecular flexibility index (Phi) is 6.34. The van der Waals surface area contributed by atoms with Crippen molar-refractivity contribution in [3.63, 3.8) is 0 Å². The van der Waals surface area contributed by atoms with E-state index in [-0.39, 0.29) is 34.3 Å². The molecule has 0 bridgehead atoms. The van der Waals surface area contributed by atoms with Gasteiger partial charge in [-0.25, -0.2) is 9.97 Å². The molecular formula is C18H18Cl2N4O3S. The van der Waals surface area contributed by atoms with Gasteiger partial charge in [0, 0.05) is 36.3 Å². The van der Waals surface area contributed by atoms with Crippen LogP contribution in [0.4, 0.5) is 0 Å². The summed E-state index contributed by atoms with van der Waals surface area (Å²) >= 11 is 14.4. The lowest BCUT2D eigenvalue weighted by molar-refractivity contribution is 0.395. The third-order valence-corrected chi connectivity index (χ3v) is 5.50. The molecule has 0 saturated carbocycles. The van der Waals surface area contributed by atoms with Crippen molar-refractivity contribution in [3.05, 3.63) is 38.7 Å². The smallest absolute Gasteiger partial charge is 0.260 e. The third-order valence-electron chi connectivity index (χ3n) is 4.18. The van der Waals surface area contributed by atoms with Gasteiger partial charge in [-0.05, 0) is 12.3 Å².